The third-order valence-electron chi connectivity index (χ3n) is 4.28. The van der Waals surface area contributed by atoms with Crippen molar-refractivity contribution < 1.29 is 9.53 Å². The Labute approximate surface area is 152 Å². The monoisotopic (exact) mass is 359 g/mol. The van der Waals surface area contributed by atoms with Gasteiger partial charge in [0.25, 0.3) is 0 Å². The Hall–Kier alpha value is -2.84. The number of carbonyl (C=O) groups is 1. The molecule has 0 aliphatic heterocycles. The zero-order valence-electron chi connectivity index (χ0n) is 15.1. The molecule has 9 nitrogen and oxygen atoms in total. The average molecular weight is 359 g/mol. The number of guanidine groups is 1. The molecule has 3 N–H and O–H groups in total. The van der Waals surface area contributed by atoms with E-state index in [-0.39, 0.29) is 12.1 Å². The number of carbonyl (C=O) groups excluding carboxylic acids is 1. The number of fused-ring (bicyclic) bond motifs is 1. The molecule has 1 fully saturated rings. The van der Waals surface area contributed by atoms with E-state index >= 15 is 0 Å². The molecule has 0 radical (unpaired) electrons. The summed E-state index contributed by atoms with van der Waals surface area (Å²) in [7, 11) is 1.71. The molecule has 3 rings (SSSR count). The van der Waals surface area contributed by atoms with E-state index in [1.54, 1.807) is 14.0 Å². The molecule has 1 amide bonds. The maximum atomic E-state index is 11.7. The molecule has 1 aliphatic carbocycles. The summed E-state index contributed by atoms with van der Waals surface area (Å²) < 4.78 is 6.91. The molecule has 0 spiro atoms. The van der Waals surface area contributed by atoms with Crippen LogP contribution in [0.3, 0.4) is 0 Å². The summed E-state index contributed by atoms with van der Waals surface area (Å²) in [5.41, 5.74) is 0.805. The number of ether oxygens (including phenoxy) is 1. The predicted molar refractivity (Wildman–Crippen MR) is 97.9 cm³/mol. The Morgan fingerprint density at radius 1 is 1.38 bits per heavy atom. The van der Waals surface area contributed by atoms with Crippen LogP contribution >= 0.6 is 0 Å². The highest BCUT2D eigenvalue weighted by Crippen LogP contribution is 2.32. The lowest BCUT2D eigenvalue weighted by Gasteiger charge is -2.20. The van der Waals surface area contributed by atoms with Crippen molar-refractivity contribution in [2.75, 3.05) is 20.2 Å². The first-order chi connectivity index (χ1) is 12.7. The molecule has 2 aromatic heterocycles. The molecule has 2 heterocycles. The zero-order chi connectivity index (χ0) is 18.4. The summed E-state index contributed by atoms with van der Waals surface area (Å²) in [5.74, 6) is 1.94. The number of rotatable bonds is 7. The van der Waals surface area contributed by atoms with E-state index < -0.39 is 0 Å². The number of pyridine rings is 1. The molecule has 9 heteroatoms. The highest BCUT2D eigenvalue weighted by molar-refractivity contribution is 5.79. The minimum Gasteiger partial charge on any atom is -0.450 e. The van der Waals surface area contributed by atoms with Gasteiger partial charge in [-0.3, -0.25) is 9.39 Å². The van der Waals surface area contributed by atoms with Crippen LogP contribution in [-0.4, -0.2) is 52.9 Å². The SMILES string of the molecule is CCOC(=O)NC(CNC(=NC)NCc1nnc2ccccn12)C1CC1. The summed E-state index contributed by atoms with van der Waals surface area (Å²) >= 11 is 0. The lowest BCUT2D eigenvalue weighted by molar-refractivity contribution is 0.146. The molecule has 1 unspecified atom stereocenters. The summed E-state index contributed by atoms with van der Waals surface area (Å²) in [5, 5.41) is 17.7. The molecule has 0 bridgehead atoms. The number of alkyl carbamates (subject to hydrolysis) is 1. The van der Waals surface area contributed by atoms with Gasteiger partial charge in [0.2, 0.25) is 0 Å². The van der Waals surface area contributed by atoms with E-state index in [4.69, 9.17) is 4.74 Å². The second-order valence-electron chi connectivity index (χ2n) is 6.16. The van der Waals surface area contributed by atoms with Crippen molar-refractivity contribution in [3.05, 3.63) is 30.2 Å². The summed E-state index contributed by atoms with van der Waals surface area (Å²) in [6.45, 7) is 3.24. The summed E-state index contributed by atoms with van der Waals surface area (Å²) in [4.78, 5) is 15.9. The fraction of sp³-hybridized carbons (Fsp3) is 0.529. The van der Waals surface area contributed by atoms with Crippen LogP contribution in [-0.2, 0) is 11.3 Å². The Kier molecular flexibility index (Phi) is 5.88. The first kappa shape index (κ1) is 18.0. The van der Waals surface area contributed by atoms with Crippen LogP contribution in [0.1, 0.15) is 25.6 Å². The predicted octanol–water partition coefficient (Wildman–Crippen LogP) is 0.919. The summed E-state index contributed by atoms with van der Waals surface area (Å²) in [6.07, 6.45) is 3.80. The summed E-state index contributed by atoms with van der Waals surface area (Å²) in [6, 6.07) is 5.80. The molecule has 1 saturated carbocycles. The molecule has 0 aromatic carbocycles. The molecule has 140 valence electrons. The van der Waals surface area contributed by atoms with Crippen LogP contribution < -0.4 is 16.0 Å². The van der Waals surface area contributed by atoms with E-state index in [1.165, 1.54) is 0 Å². The van der Waals surface area contributed by atoms with Crippen LogP contribution in [0.25, 0.3) is 5.65 Å². The molecular formula is C17H25N7O2. The van der Waals surface area contributed by atoms with Crippen LogP contribution in [0.4, 0.5) is 4.79 Å². The number of nitrogens with one attached hydrogen (secondary N) is 3. The Balaban J connectivity index is 1.51. The van der Waals surface area contributed by atoms with Crippen LogP contribution in [0.15, 0.2) is 29.4 Å². The van der Waals surface area contributed by atoms with Gasteiger partial charge in [0.1, 0.15) is 0 Å². The van der Waals surface area contributed by atoms with E-state index in [0.29, 0.717) is 31.6 Å². The van der Waals surface area contributed by atoms with Gasteiger partial charge < -0.3 is 20.7 Å². The lowest BCUT2D eigenvalue weighted by atomic mass is 10.2. The number of hydrogen-bond donors (Lipinski definition) is 3. The quantitative estimate of drug-likeness (QED) is 0.501. The van der Waals surface area contributed by atoms with Crippen LogP contribution in [0.5, 0.6) is 0 Å². The van der Waals surface area contributed by atoms with Gasteiger partial charge in [-0.2, -0.15) is 0 Å². The first-order valence-electron chi connectivity index (χ1n) is 8.87. The first-order valence-corrected chi connectivity index (χ1v) is 8.87. The molecular weight excluding hydrogens is 334 g/mol. The van der Waals surface area contributed by atoms with Crippen molar-refractivity contribution in [1.29, 1.82) is 0 Å². The van der Waals surface area contributed by atoms with Gasteiger partial charge in [-0.05, 0) is 37.8 Å². The van der Waals surface area contributed by atoms with Crippen molar-refractivity contribution in [2.45, 2.75) is 32.4 Å². The normalized spacial score (nSPS) is 15.5. The Morgan fingerprint density at radius 2 is 2.23 bits per heavy atom. The Bertz CT molecular complexity index is 769. The van der Waals surface area contributed by atoms with Crippen molar-refractivity contribution >= 4 is 17.7 Å². The van der Waals surface area contributed by atoms with Gasteiger partial charge in [-0.15, -0.1) is 10.2 Å². The van der Waals surface area contributed by atoms with Gasteiger partial charge in [0, 0.05) is 19.8 Å². The minimum absolute atomic E-state index is 0.0292. The molecule has 0 saturated heterocycles. The van der Waals surface area contributed by atoms with Gasteiger partial charge in [-0.25, -0.2) is 4.79 Å². The standard InChI is InChI=1S/C17H25N7O2/c1-3-26-17(25)21-13(12-7-8-12)10-19-16(18-2)20-11-15-23-22-14-6-4-5-9-24(14)15/h4-6,9,12-13H,3,7-8,10-11H2,1-2H3,(H,21,25)(H2,18,19,20). The maximum absolute atomic E-state index is 11.7. The molecule has 2 aromatic rings. The largest absolute Gasteiger partial charge is 0.450 e. The van der Waals surface area contributed by atoms with Gasteiger partial charge >= 0.3 is 6.09 Å². The van der Waals surface area contributed by atoms with E-state index in [1.807, 2.05) is 28.8 Å². The second kappa shape index (κ2) is 8.50. The number of aliphatic imine (C=N–C) groups is 1. The van der Waals surface area contributed by atoms with E-state index in [9.17, 15) is 4.79 Å². The van der Waals surface area contributed by atoms with Crippen LogP contribution in [0, 0.1) is 5.92 Å². The number of amides is 1. The van der Waals surface area contributed by atoms with Crippen molar-refractivity contribution in [3.8, 4) is 0 Å². The lowest BCUT2D eigenvalue weighted by Crippen LogP contribution is -2.48. The Morgan fingerprint density at radius 3 is 2.96 bits per heavy atom. The maximum Gasteiger partial charge on any atom is 0.407 e. The smallest absolute Gasteiger partial charge is 0.407 e. The molecule has 1 aliphatic rings. The molecule has 1 atom stereocenters. The van der Waals surface area contributed by atoms with Gasteiger partial charge in [0.15, 0.2) is 17.4 Å². The fourth-order valence-corrected chi connectivity index (χ4v) is 2.76. The number of aromatic nitrogens is 3. The second-order valence-corrected chi connectivity index (χ2v) is 6.16. The van der Waals surface area contributed by atoms with Crippen molar-refractivity contribution in [1.82, 2.24) is 30.5 Å². The highest BCUT2D eigenvalue weighted by Gasteiger charge is 2.32. The van der Waals surface area contributed by atoms with E-state index in [0.717, 1.165) is 24.3 Å². The van der Waals surface area contributed by atoms with Crippen LogP contribution in [0.2, 0.25) is 0 Å². The third kappa shape index (κ3) is 4.62. The number of nitrogens with zero attached hydrogens (tertiary/aromatic N) is 4. The zero-order valence-corrected chi connectivity index (χ0v) is 15.1. The van der Waals surface area contributed by atoms with Crippen molar-refractivity contribution in [3.63, 3.8) is 0 Å². The fourth-order valence-electron chi connectivity index (χ4n) is 2.76. The topological polar surface area (TPSA) is 105 Å². The van der Waals surface area contributed by atoms with Crippen molar-refractivity contribution in [2.24, 2.45) is 10.9 Å². The highest BCUT2D eigenvalue weighted by atomic mass is 16.5. The van der Waals surface area contributed by atoms with Gasteiger partial charge in [-0.1, -0.05) is 6.07 Å². The molecule has 26 heavy (non-hydrogen) atoms. The number of hydrogen-bond acceptors (Lipinski definition) is 5. The van der Waals surface area contributed by atoms with E-state index in [2.05, 4.69) is 31.1 Å². The third-order valence-corrected chi connectivity index (χ3v) is 4.28. The average Bonchev–Trinajstić information content (AvgIpc) is 3.42. The minimum atomic E-state index is -0.371. The van der Waals surface area contributed by atoms with Gasteiger partial charge in [0.05, 0.1) is 19.2 Å².